The molecule has 0 aliphatic heterocycles. The maximum absolute atomic E-state index is 12.2. The average Bonchev–Trinajstić information content (AvgIpc) is 2.17. The van der Waals surface area contributed by atoms with Gasteiger partial charge in [-0.15, -0.1) is 0 Å². The van der Waals surface area contributed by atoms with Crippen molar-refractivity contribution in [1.82, 2.24) is 0 Å². The first-order valence-corrected chi connectivity index (χ1v) is 4.25. The quantitative estimate of drug-likeness (QED) is 0.819. The van der Waals surface area contributed by atoms with Gasteiger partial charge in [-0.3, -0.25) is 0 Å². The van der Waals surface area contributed by atoms with Crippen LogP contribution in [0.4, 0.5) is 13.2 Å². The second-order valence-corrected chi connectivity index (χ2v) is 3.13. The maximum atomic E-state index is 12.2. The molecule has 0 aliphatic carbocycles. The number of nitriles is 1. The Bertz CT molecular complexity index is 362. The molecule has 15 heavy (non-hydrogen) atoms. The van der Waals surface area contributed by atoms with E-state index < -0.39 is 17.8 Å². The van der Waals surface area contributed by atoms with Gasteiger partial charge in [0, 0.05) is 6.42 Å². The van der Waals surface area contributed by atoms with Gasteiger partial charge in [-0.1, -0.05) is 12.1 Å². The minimum absolute atomic E-state index is 0.259. The Labute approximate surface area is 85.1 Å². The highest BCUT2D eigenvalue weighted by atomic mass is 19.4. The van der Waals surface area contributed by atoms with Crippen molar-refractivity contribution in [2.75, 3.05) is 0 Å². The second-order valence-electron chi connectivity index (χ2n) is 3.13. The Balaban J connectivity index is 2.78. The van der Waals surface area contributed by atoms with E-state index in [2.05, 4.69) is 0 Å². The molecule has 0 saturated carbocycles. The van der Waals surface area contributed by atoms with Gasteiger partial charge in [0.05, 0.1) is 17.7 Å². The molecule has 0 radical (unpaired) electrons. The molecule has 2 N–H and O–H groups in total. The van der Waals surface area contributed by atoms with E-state index in [1.165, 1.54) is 12.1 Å². The van der Waals surface area contributed by atoms with Crippen LogP contribution < -0.4 is 5.73 Å². The van der Waals surface area contributed by atoms with Crippen molar-refractivity contribution in [1.29, 1.82) is 5.26 Å². The Hall–Kier alpha value is -1.54. The number of nitrogens with zero attached hydrogens (tertiary/aromatic N) is 1. The molecular formula is C10H9F3N2. The van der Waals surface area contributed by atoms with Gasteiger partial charge in [-0.25, -0.2) is 0 Å². The highest BCUT2D eigenvalue weighted by Gasteiger charge is 2.29. The van der Waals surface area contributed by atoms with Gasteiger partial charge in [0.15, 0.2) is 0 Å². The molecule has 80 valence electrons. The Morgan fingerprint density at radius 1 is 1.27 bits per heavy atom. The Morgan fingerprint density at radius 3 is 2.20 bits per heavy atom. The molecule has 0 unspecified atom stereocenters. The molecule has 0 bridgehead atoms. The summed E-state index contributed by atoms with van der Waals surface area (Å²) >= 11 is 0. The molecule has 5 heteroatoms. The molecule has 1 aromatic carbocycles. The number of alkyl halides is 3. The van der Waals surface area contributed by atoms with Crippen LogP contribution in [0.15, 0.2) is 24.3 Å². The summed E-state index contributed by atoms with van der Waals surface area (Å²) in [4.78, 5) is 0. The summed E-state index contributed by atoms with van der Waals surface area (Å²) < 4.78 is 36.5. The van der Waals surface area contributed by atoms with Gasteiger partial charge in [-0.05, 0) is 17.7 Å². The number of hydrogen-bond donors (Lipinski definition) is 1. The van der Waals surface area contributed by atoms with E-state index in [9.17, 15) is 13.2 Å². The van der Waals surface area contributed by atoms with E-state index in [1.807, 2.05) is 6.07 Å². The maximum Gasteiger partial charge on any atom is 0.416 e. The average molecular weight is 214 g/mol. The number of nitrogens with two attached hydrogens (primary N) is 1. The zero-order valence-electron chi connectivity index (χ0n) is 7.75. The molecule has 1 aromatic rings. The fraction of sp³-hybridized carbons (Fsp3) is 0.300. The van der Waals surface area contributed by atoms with Gasteiger partial charge in [0.2, 0.25) is 0 Å². The molecule has 0 saturated heterocycles. The summed E-state index contributed by atoms with van der Waals surface area (Å²) in [6, 6.07) is 5.77. The molecule has 1 atom stereocenters. The molecule has 1 rings (SSSR count). The largest absolute Gasteiger partial charge is 0.416 e. The van der Waals surface area contributed by atoms with Crippen molar-refractivity contribution in [2.24, 2.45) is 5.73 Å². The standard InChI is InChI=1S/C10H9F3N2/c11-10(12,13)8-3-1-7(2-4-8)5-9(15)6-14/h1-4,9H,5,15H2/t9-/m0/s1. The van der Waals surface area contributed by atoms with Gasteiger partial charge in [0.25, 0.3) is 0 Å². The van der Waals surface area contributed by atoms with Crippen molar-refractivity contribution in [3.63, 3.8) is 0 Å². The summed E-state index contributed by atoms with van der Waals surface area (Å²) in [5.74, 6) is 0. The van der Waals surface area contributed by atoms with Crippen LogP contribution in [-0.4, -0.2) is 6.04 Å². The summed E-state index contributed by atoms with van der Waals surface area (Å²) in [6.45, 7) is 0. The van der Waals surface area contributed by atoms with Crippen LogP contribution in [-0.2, 0) is 12.6 Å². The minimum Gasteiger partial charge on any atom is -0.316 e. The molecule has 2 nitrogen and oxygen atoms in total. The lowest BCUT2D eigenvalue weighted by Crippen LogP contribution is -2.20. The zero-order valence-corrected chi connectivity index (χ0v) is 7.75. The van der Waals surface area contributed by atoms with Crippen molar-refractivity contribution in [2.45, 2.75) is 18.6 Å². The predicted octanol–water partition coefficient (Wildman–Crippen LogP) is 2.10. The lowest BCUT2D eigenvalue weighted by Gasteiger charge is -2.07. The first kappa shape index (κ1) is 11.5. The van der Waals surface area contributed by atoms with Crippen LogP contribution >= 0.6 is 0 Å². The van der Waals surface area contributed by atoms with Crippen molar-refractivity contribution >= 4 is 0 Å². The number of rotatable bonds is 2. The van der Waals surface area contributed by atoms with E-state index in [0.717, 1.165) is 12.1 Å². The molecule has 0 heterocycles. The zero-order chi connectivity index (χ0) is 11.5. The van der Waals surface area contributed by atoms with Crippen LogP contribution in [0.2, 0.25) is 0 Å². The van der Waals surface area contributed by atoms with E-state index in [1.54, 1.807) is 0 Å². The number of halogens is 3. The van der Waals surface area contributed by atoms with Crippen molar-refractivity contribution < 1.29 is 13.2 Å². The first-order chi connectivity index (χ1) is 6.93. The van der Waals surface area contributed by atoms with Gasteiger partial charge < -0.3 is 5.73 Å². The molecule has 0 aromatic heterocycles. The number of benzene rings is 1. The molecule has 0 spiro atoms. The summed E-state index contributed by atoms with van der Waals surface area (Å²) in [5.41, 5.74) is 5.27. The fourth-order valence-corrected chi connectivity index (χ4v) is 1.13. The summed E-state index contributed by atoms with van der Waals surface area (Å²) in [6.07, 6.45) is -4.06. The van der Waals surface area contributed by atoms with Crippen molar-refractivity contribution in [3.05, 3.63) is 35.4 Å². The summed E-state index contributed by atoms with van der Waals surface area (Å²) in [5, 5.41) is 8.42. The first-order valence-electron chi connectivity index (χ1n) is 4.25. The van der Waals surface area contributed by atoms with Gasteiger partial charge >= 0.3 is 6.18 Å². The normalized spacial score (nSPS) is 13.3. The second kappa shape index (κ2) is 4.32. The summed E-state index contributed by atoms with van der Waals surface area (Å²) in [7, 11) is 0. The van der Waals surface area contributed by atoms with Crippen LogP contribution in [0.25, 0.3) is 0 Å². The lowest BCUT2D eigenvalue weighted by molar-refractivity contribution is -0.137. The number of hydrogen-bond acceptors (Lipinski definition) is 2. The molecule has 0 aliphatic rings. The van der Waals surface area contributed by atoms with Crippen LogP contribution in [0, 0.1) is 11.3 Å². The van der Waals surface area contributed by atoms with E-state index >= 15 is 0 Å². The van der Waals surface area contributed by atoms with E-state index in [4.69, 9.17) is 11.0 Å². The van der Waals surface area contributed by atoms with Gasteiger partial charge in [-0.2, -0.15) is 18.4 Å². The Morgan fingerprint density at radius 2 is 1.80 bits per heavy atom. The fourth-order valence-electron chi connectivity index (χ4n) is 1.13. The highest BCUT2D eigenvalue weighted by molar-refractivity contribution is 5.25. The molecule has 0 fully saturated rings. The Kier molecular flexibility index (Phi) is 3.32. The third-order valence-corrected chi connectivity index (χ3v) is 1.90. The molecular weight excluding hydrogens is 205 g/mol. The van der Waals surface area contributed by atoms with E-state index in [-0.39, 0.29) is 6.42 Å². The third kappa shape index (κ3) is 3.26. The monoisotopic (exact) mass is 214 g/mol. The predicted molar refractivity (Wildman–Crippen MR) is 48.7 cm³/mol. The van der Waals surface area contributed by atoms with Gasteiger partial charge in [0.1, 0.15) is 0 Å². The van der Waals surface area contributed by atoms with E-state index in [0.29, 0.717) is 5.56 Å². The van der Waals surface area contributed by atoms with Crippen molar-refractivity contribution in [3.8, 4) is 6.07 Å². The third-order valence-electron chi connectivity index (χ3n) is 1.90. The lowest BCUT2D eigenvalue weighted by atomic mass is 10.1. The van der Waals surface area contributed by atoms with Crippen LogP contribution in [0.5, 0.6) is 0 Å². The SMILES string of the molecule is N#C[C@@H](N)Cc1ccc(C(F)(F)F)cc1. The topological polar surface area (TPSA) is 49.8 Å². The molecule has 0 amide bonds. The van der Waals surface area contributed by atoms with Crippen LogP contribution in [0.1, 0.15) is 11.1 Å². The minimum atomic E-state index is -4.32. The van der Waals surface area contributed by atoms with Crippen LogP contribution in [0.3, 0.4) is 0 Å². The highest BCUT2D eigenvalue weighted by Crippen LogP contribution is 2.29. The smallest absolute Gasteiger partial charge is 0.316 e.